The van der Waals surface area contributed by atoms with Crippen LogP contribution in [0.3, 0.4) is 0 Å². The van der Waals surface area contributed by atoms with Gasteiger partial charge >= 0.3 is 29.5 Å². The minimum absolute atomic E-state index is 0.0411. The summed E-state index contributed by atoms with van der Waals surface area (Å²) in [4.78, 5) is 53.7. The molecule has 0 radical (unpaired) electrons. The second-order valence-electron chi connectivity index (χ2n) is 12.6. The lowest BCUT2D eigenvalue weighted by Gasteiger charge is -2.44. The average Bonchev–Trinajstić information content (AvgIpc) is 3.31. The molecule has 0 aliphatic carbocycles. The number of hydrogen-bond acceptors (Lipinski definition) is 12. The number of benzene rings is 1. The van der Waals surface area contributed by atoms with Crippen LogP contribution in [0, 0.1) is 17.8 Å². The van der Waals surface area contributed by atoms with Gasteiger partial charge in [0.25, 0.3) is 5.60 Å². The fraction of sp³-hybridized carbons (Fsp3) is 0.600. The van der Waals surface area contributed by atoms with E-state index < -0.39 is 59.2 Å². The van der Waals surface area contributed by atoms with E-state index in [0.717, 1.165) is 45.8 Å². The first-order valence-corrected chi connectivity index (χ1v) is 15.8. The third-order valence-electron chi connectivity index (χ3n) is 9.18. The number of methoxy groups -OCH3 is 3. The second-order valence-corrected chi connectivity index (χ2v) is 12.6. The second kappa shape index (κ2) is 15.5. The maximum Gasteiger partial charge on any atom is 0.353 e. The van der Waals surface area contributed by atoms with Gasteiger partial charge in [-0.05, 0) is 48.2 Å². The van der Waals surface area contributed by atoms with E-state index in [4.69, 9.17) is 28.4 Å². The van der Waals surface area contributed by atoms with Gasteiger partial charge < -0.3 is 38.6 Å². The maximum absolute atomic E-state index is 13.8. The van der Waals surface area contributed by atoms with E-state index in [1.807, 2.05) is 44.2 Å². The quantitative estimate of drug-likeness (QED) is 0.105. The molecule has 1 aromatic rings. The molecule has 2 aliphatic rings. The zero-order chi connectivity index (χ0) is 35.2. The van der Waals surface area contributed by atoms with Crippen molar-refractivity contribution < 1.29 is 57.8 Å². The smallest absolute Gasteiger partial charge is 0.353 e. The number of aliphatic hydroxyl groups excluding tert-OH is 1. The van der Waals surface area contributed by atoms with Crippen LogP contribution in [0.2, 0.25) is 0 Å². The summed E-state index contributed by atoms with van der Waals surface area (Å²) in [5, 5.41) is 23.9. The van der Waals surface area contributed by atoms with Crippen molar-refractivity contribution in [2.75, 3.05) is 21.3 Å². The number of rotatable bonds is 13. The minimum Gasteiger partial charge on any atom is -0.467 e. The highest BCUT2D eigenvalue weighted by Gasteiger charge is 2.82. The molecule has 0 bridgehead atoms. The molecule has 260 valence electrons. The Balaban J connectivity index is 2.15. The van der Waals surface area contributed by atoms with Gasteiger partial charge in [-0.15, -0.1) is 0 Å². The Hall–Kier alpha value is -3.58. The van der Waals surface area contributed by atoms with Gasteiger partial charge in [-0.1, -0.05) is 77.1 Å². The van der Waals surface area contributed by atoms with E-state index in [-0.39, 0.29) is 24.7 Å². The van der Waals surface area contributed by atoms with Crippen molar-refractivity contribution >= 4 is 23.9 Å². The van der Waals surface area contributed by atoms with E-state index in [2.05, 4.69) is 20.4 Å². The molecular formula is C35H48O12. The Morgan fingerprint density at radius 3 is 2.23 bits per heavy atom. The summed E-state index contributed by atoms with van der Waals surface area (Å²) in [6.07, 6.45) is -0.0228. The largest absolute Gasteiger partial charge is 0.467 e. The number of carbonyl (C=O) groups excluding carboxylic acids is 4. The van der Waals surface area contributed by atoms with E-state index >= 15 is 0 Å². The molecule has 2 N–H and O–H groups in total. The molecule has 47 heavy (non-hydrogen) atoms. The van der Waals surface area contributed by atoms with Crippen LogP contribution >= 0.6 is 0 Å². The zero-order valence-electron chi connectivity index (χ0n) is 28.2. The zero-order valence-corrected chi connectivity index (χ0v) is 28.2. The maximum atomic E-state index is 13.8. The molecule has 0 saturated carbocycles. The molecule has 0 amide bonds. The number of ether oxygens (including phenoxy) is 6. The van der Waals surface area contributed by atoms with Gasteiger partial charge in [-0.2, -0.15) is 0 Å². The lowest BCUT2D eigenvalue weighted by atomic mass is 9.76. The van der Waals surface area contributed by atoms with Crippen LogP contribution in [0.4, 0.5) is 0 Å². The number of hydrogen-bond donors (Lipinski definition) is 2. The Bertz CT molecular complexity index is 1310. The van der Waals surface area contributed by atoms with Crippen molar-refractivity contribution in [2.45, 2.75) is 95.1 Å². The standard InChI is InChI=1S/C35H48O12/c1-9-21(2)19-22(3)15-16-26(36)45-29-28(37)33(18-17-23(4)27(46-33)24(5)20-25-13-11-10-12-14-25)47-35(29,32(40)44-8)34(41,30(38)42-6)31(39)43-7/h10-16,21-22,24,27-29,37,41H,4,9,17-20H2,1-3,5-8H3/b16-15+/t21-,22+,24+,27+,28+,29+,33?,35-/m0/s1. The summed E-state index contributed by atoms with van der Waals surface area (Å²) in [5.74, 6) is -8.06. The van der Waals surface area contributed by atoms with Gasteiger partial charge in [0.2, 0.25) is 5.79 Å². The van der Waals surface area contributed by atoms with Crippen molar-refractivity contribution in [3.05, 3.63) is 60.2 Å². The van der Waals surface area contributed by atoms with E-state index in [1.54, 1.807) is 6.08 Å². The minimum atomic E-state index is -3.63. The summed E-state index contributed by atoms with van der Waals surface area (Å²) < 4.78 is 32.7. The predicted molar refractivity (Wildman–Crippen MR) is 168 cm³/mol. The highest BCUT2D eigenvalue weighted by molar-refractivity contribution is 6.10. The fourth-order valence-electron chi connectivity index (χ4n) is 6.44. The lowest BCUT2D eigenvalue weighted by Crippen LogP contribution is -2.74. The Morgan fingerprint density at radius 1 is 1.06 bits per heavy atom. The highest BCUT2D eigenvalue weighted by Crippen LogP contribution is 2.53. The molecule has 2 fully saturated rings. The molecule has 12 heteroatoms. The Morgan fingerprint density at radius 2 is 1.68 bits per heavy atom. The summed E-state index contributed by atoms with van der Waals surface area (Å²) in [6, 6.07) is 9.57. The summed E-state index contributed by atoms with van der Waals surface area (Å²) in [7, 11) is 2.61. The topological polar surface area (TPSA) is 164 Å². The van der Waals surface area contributed by atoms with Gasteiger partial charge in [0.05, 0.1) is 27.4 Å². The van der Waals surface area contributed by atoms with Crippen LogP contribution in [0.25, 0.3) is 0 Å². The number of aliphatic hydroxyl groups is 2. The molecule has 2 aliphatic heterocycles. The summed E-state index contributed by atoms with van der Waals surface area (Å²) in [5.41, 5.74) is -5.21. The molecule has 0 aromatic heterocycles. The van der Waals surface area contributed by atoms with Gasteiger partial charge in [-0.3, -0.25) is 0 Å². The van der Waals surface area contributed by atoms with E-state index in [9.17, 15) is 29.4 Å². The molecule has 12 nitrogen and oxygen atoms in total. The highest BCUT2D eigenvalue weighted by atomic mass is 16.8. The molecule has 1 spiro atoms. The molecule has 2 heterocycles. The normalized spacial score (nSPS) is 28.0. The van der Waals surface area contributed by atoms with E-state index in [0.29, 0.717) is 17.9 Å². The first-order valence-electron chi connectivity index (χ1n) is 15.8. The predicted octanol–water partition coefficient (Wildman–Crippen LogP) is 3.22. The molecule has 8 atom stereocenters. The molecule has 3 rings (SSSR count). The monoisotopic (exact) mass is 660 g/mol. The first-order chi connectivity index (χ1) is 22.2. The van der Waals surface area contributed by atoms with Crippen LogP contribution in [-0.2, 0) is 54.0 Å². The van der Waals surface area contributed by atoms with Crippen LogP contribution in [0.15, 0.2) is 54.6 Å². The van der Waals surface area contributed by atoms with Gasteiger partial charge in [0.1, 0.15) is 6.10 Å². The number of esters is 4. The van der Waals surface area contributed by atoms with Crippen LogP contribution in [0.1, 0.15) is 58.9 Å². The first kappa shape index (κ1) is 37.9. The third kappa shape index (κ3) is 7.30. The number of allylic oxidation sites excluding steroid dienone is 1. The Kier molecular flexibility index (Phi) is 12.5. The van der Waals surface area contributed by atoms with Crippen LogP contribution in [0.5, 0.6) is 0 Å². The van der Waals surface area contributed by atoms with Crippen molar-refractivity contribution in [3.8, 4) is 0 Å². The van der Waals surface area contributed by atoms with Crippen molar-refractivity contribution in [1.82, 2.24) is 0 Å². The van der Waals surface area contributed by atoms with Gasteiger partial charge in [-0.25, -0.2) is 19.2 Å². The molecule has 1 aromatic carbocycles. The number of carbonyl (C=O) groups is 4. The molecule has 1 unspecified atom stereocenters. The third-order valence-corrected chi connectivity index (χ3v) is 9.18. The van der Waals surface area contributed by atoms with Gasteiger partial charge in [0, 0.05) is 12.5 Å². The van der Waals surface area contributed by atoms with Crippen LogP contribution < -0.4 is 0 Å². The molecule has 2 saturated heterocycles. The lowest BCUT2D eigenvalue weighted by molar-refractivity contribution is -0.321. The fourth-order valence-corrected chi connectivity index (χ4v) is 6.44. The molecular weight excluding hydrogens is 612 g/mol. The van der Waals surface area contributed by atoms with Crippen molar-refractivity contribution in [1.29, 1.82) is 0 Å². The SMILES string of the molecule is C=C1CCC2(O[C@H]1[C@H](C)Cc1ccccc1)O[C@@](C(=O)OC)(C(O)(C(=O)OC)C(=O)OC)[C@H](OC(=O)/C=C/[C@@H](C)C[C@@H](C)CC)[C@H]2O. The van der Waals surface area contributed by atoms with Gasteiger partial charge in [0.15, 0.2) is 6.10 Å². The Labute approximate surface area is 276 Å². The van der Waals surface area contributed by atoms with Crippen molar-refractivity contribution in [3.63, 3.8) is 0 Å². The summed E-state index contributed by atoms with van der Waals surface area (Å²) >= 11 is 0. The van der Waals surface area contributed by atoms with Crippen molar-refractivity contribution in [2.24, 2.45) is 17.8 Å². The van der Waals surface area contributed by atoms with Crippen LogP contribution in [-0.4, -0.2) is 90.7 Å². The average molecular weight is 661 g/mol. The summed E-state index contributed by atoms with van der Waals surface area (Å²) in [6.45, 7) is 12.1. The van der Waals surface area contributed by atoms with E-state index in [1.165, 1.54) is 0 Å².